The Balaban J connectivity index is 1.62. The van der Waals surface area contributed by atoms with Gasteiger partial charge < -0.3 is 23.7 Å². The first-order valence-electron chi connectivity index (χ1n) is 9.30. The third-order valence-corrected chi connectivity index (χ3v) is 5.17. The number of carbonyl (C=O) groups is 1. The highest BCUT2D eigenvalue weighted by Gasteiger charge is 2.29. The maximum Gasteiger partial charge on any atom is 0.254 e. The van der Waals surface area contributed by atoms with Crippen molar-refractivity contribution in [1.29, 1.82) is 0 Å². The molecule has 7 nitrogen and oxygen atoms in total. The monoisotopic (exact) mass is 371 g/mol. The van der Waals surface area contributed by atoms with Crippen LogP contribution < -0.4 is 14.2 Å². The van der Waals surface area contributed by atoms with Gasteiger partial charge in [-0.25, -0.2) is 4.98 Å². The van der Waals surface area contributed by atoms with Crippen molar-refractivity contribution in [2.45, 2.75) is 32.7 Å². The molecule has 2 aromatic rings. The molecule has 0 radical (unpaired) electrons. The summed E-state index contributed by atoms with van der Waals surface area (Å²) in [7, 11) is 3.63. The van der Waals surface area contributed by atoms with Crippen molar-refractivity contribution in [3.8, 4) is 17.2 Å². The van der Waals surface area contributed by atoms with E-state index in [9.17, 15) is 4.79 Å². The number of rotatable bonds is 3. The summed E-state index contributed by atoms with van der Waals surface area (Å²) in [5, 5.41) is 0. The zero-order valence-corrected chi connectivity index (χ0v) is 16.2. The van der Waals surface area contributed by atoms with E-state index in [1.807, 2.05) is 4.90 Å². The van der Waals surface area contributed by atoms with Gasteiger partial charge in [0.15, 0.2) is 11.5 Å². The lowest BCUT2D eigenvalue weighted by atomic mass is 10.1. The highest BCUT2D eigenvalue weighted by atomic mass is 16.6. The molecule has 0 aliphatic carbocycles. The molecule has 4 rings (SSSR count). The molecule has 2 aliphatic heterocycles. The van der Waals surface area contributed by atoms with E-state index in [1.165, 1.54) is 5.69 Å². The van der Waals surface area contributed by atoms with Gasteiger partial charge in [-0.05, 0) is 12.1 Å². The zero-order valence-electron chi connectivity index (χ0n) is 16.2. The predicted octanol–water partition coefficient (Wildman–Crippen LogP) is 2.52. The van der Waals surface area contributed by atoms with E-state index >= 15 is 0 Å². The van der Waals surface area contributed by atoms with Crippen LogP contribution in [0, 0.1) is 0 Å². The summed E-state index contributed by atoms with van der Waals surface area (Å²) in [5.74, 6) is 3.01. The summed E-state index contributed by atoms with van der Waals surface area (Å²) < 4.78 is 18.9. The Hall–Kier alpha value is -2.70. The van der Waals surface area contributed by atoms with Gasteiger partial charge in [0.05, 0.1) is 19.3 Å². The van der Waals surface area contributed by atoms with E-state index in [2.05, 4.69) is 25.5 Å². The van der Waals surface area contributed by atoms with Gasteiger partial charge in [0, 0.05) is 37.2 Å². The van der Waals surface area contributed by atoms with Crippen LogP contribution in [0.15, 0.2) is 12.1 Å². The first-order chi connectivity index (χ1) is 13.0. The fourth-order valence-electron chi connectivity index (χ4n) is 3.82. The lowest BCUT2D eigenvalue weighted by Gasteiger charge is -2.28. The maximum absolute atomic E-state index is 13.1. The van der Waals surface area contributed by atoms with Crippen LogP contribution in [0.25, 0.3) is 0 Å². The average molecular weight is 371 g/mol. The number of imidazole rings is 1. The SMILES string of the molecule is COc1cc(C(=O)N2CCc3c(nc(C(C)C)n3C)C2)cc2c1OCCO2. The molecular weight excluding hydrogens is 346 g/mol. The van der Waals surface area contributed by atoms with E-state index in [4.69, 9.17) is 19.2 Å². The van der Waals surface area contributed by atoms with Crippen molar-refractivity contribution in [1.82, 2.24) is 14.5 Å². The lowest BCUT2D eigenvalue weighted by Crippen LogP contribution is -2.36. The summed E-state index contributed by atoms with van der Waals surface area (Å²) >= 11 is 0. The Morgan fingerprint density at radius 2 is 2.04 bits per heavy atom. The van der Waals surface area contributed by atoms with Gasteiger partial charge >= 0.3 is 0 Å². The van der Waals surface area contributed by atoms with Crippen LogP contribution in [0.2, 0.25) is 0 Å². The number of aromatic nitrogens is 2. The second-order valence-corrected chi connectivity index (χ2v) is 7.26. The molecule has 144 valence electrons. The van der Waals surface area contributed by atoms with Crippen LogP contribution >= 0.6 is 0 Å². The van der Waals surface area contributed by atoms with Crippen molar-refractivity contribution < 1.29 is 19.0 Å². The smallest absolute Gasteiger partial charge is 0.254 e. The Labute approximate surface area is 158 Å². The molecule has 0 spiro atoms. The maximum atomic E-state index is 13.1. The molecule has 0 bridgehead atoms. The Bertz CT molecular complexity index is 871. The van der Waals surface area contributed by atoms with E-state index in [-0.39, 0.29) is 5.91 Å². The second kappa shape index (κ2) is 6.79. The number of carbonyl (C=O) groups excluding carboxylic acids is 1. The minimum absolute atomic E-state index is 0.0485. The molecule has 3 heterocycles. The number of ether oxygens (including phenoxy) is 3. The molecule has 0 atom stereocenters. The number of hydrogen-bond donors (Lipinski definition) is 0. The molecular formula is C20H25N3O4. The van der Waals surface area contributed by atoms with Crippen LogP contribution in [-0.4, -0.2) is 47.2 Å². The van der Waals surface area contributed by atoms with Crippen LogP contribution in [-0.2, 0) is 20.0 Å². The molecule has 0 saturated carbocycles. The van der Waals surface area contributed by atoms with E-state index in [0.717, 1.165) is 17.9 Å². The van der Waals surface area contributed by atoms with Crippen LogP contribution in [0.3, 0.4) is 0 Å². The van der Waals surface area contributed by atoms with E-state index in [1.54, 1.807) is 19.2 Å². The molecule has 0 N–H and O–H groups in total. The highest BCUT2D eigenvalue weighted by Crippen LogP contribution is 2.40. The molecule has 1 aromatic carbocycles. The molecule has 0 fully saturated rings. The van der Waals surface area contributed by atoms with E-state index < -0.39 is 0 Å². The first-order valence-corrected chi connectivity index (χ1v) is 9.30. The largest absolute Gasteiger partial charge is 0.493 e. The highest BCUT2D eigenvalue weighted by molar-refractivity contribution is 5.95. The molecule has 2 aliphatic rings. The summed E-state index contributed by atoms with van der Waals surface area (Å²) in [6, 6.07) is 3.47. The van der Waals surface area contributed by atoms with Crippen molar-refractivity contribution in [2.75, 3.05) is 26.9 Å². The summed E-state index contributed by atoms with van der Waals surface area (Å²) in [6.07, 6.45) is 0.805. The number of nitrogens with zero attached hydrogens (tertiary/aromatic N) is 3. The minimum Gasteiger partial charge on any atom is -0.493 e. The van der Waals surface area contributed by atoms with Gasteiger partial charge in [-0.2, -0.15) is 0 Å². The first kappa shape index (κ1) is 17.7. The fraction of sp³-hybridized carbons (Fsp3) is 0.500. The molecule has 0 saturated heterocycles. The molecule has 1 amide bonds. The normalized spacial score (nSPS) is 15.7. The molecule has 27 heavy (non-hydrogen) atoms. The average Bonchev–Trinajstić information content (AvgIpc) is 3.02. The van der Waals surface area contributed by atoms with Gasteiger partial charge in [0.25, 0.3) is 5.91 Å². The number of benzene rings is 1. The molecule has 0 unspecified atom stereocenters. The van der Waals surface area contributed by atoms with Gasteiger partial charge in [-0.1, -0.05) is 13.8 Å². The lowest BCUT2D eigenvalue weighted by molar-refractivity contribution is 0.0729. The topological polar surface area (TPSA) is 65.8 Å². The molecule has 7 heteroatoms. The summed E-state index contributed by atoms with van der Waals surface area (Å²) in [6.45, 7) is 6.40. The van der Waals surface area contributed by atoms with Crippen LogP contribution in [0.1, 0.15) is 47.3 Å². The Morgan fingerprint density at radius 3 is 2.78 bits per heavy atom. The zero-order chi connectivity index (χ0) is 19.1. The second-order valence-electron chi connectivity index (χ2n) is 7.26. The van der Waals surface area contributed by atoms with Crippen molar-refractivity contribution >= 4 is 5.91 Å². The standard InChI is InChI=1S/C20H25N3O4/c1-12(2)19-21-14-11-23(6-5-15(14)22(19)3)20(24)13-9-16(25-4)18-17(10-13)26-7-8-27-18/h9-10,12H,5-8,11H2,1-4H3. The van der Waals surface area contributed by atoms with Crippen molar-refractivity contribution in [3.05, 3.63) is 34.9 Å². The predicted molar refractivity (Wildman–Crippen MR) is 99.7 cm³/mol. The number of amides is 1. The van der Waals surface area contributed by atoms with Crippen molar-refractivity contribution in [2.24, 2.45) is 7.05 Å². The quantitative estimate of drug-likeness (QED) is 0.829. The summed E-state index contributed by atoms with van der Waals surface area (Å²) in [5.41, 5.74) is 2.76. The van der Waals surface area contributed by atoms with Gasteiger partial charge in [0.1, 0.15) is 19.0 Å². The van der Waals surface area contributed by atoms with Gasteiger partial charge in [-0.3, -0.25) is 4.79 Å². The Morgan fingerprint density at radius 1 is 1.26 bits per heavy atom. The van der Waals surface area contributed by atoms with Crippen LogP contribution in [0.5, 0.6) is 17.2 Å². The molecule has 1 aromatic heterocycles. The van der Waals surface area contributed by atoms with Gasteiger partial charge in [0.2, 0.25) is 5.75 Å². The number of fused-ring (bicyclic) bond motifs is 2. The number of methoxy groups -OCH3 is 1. The third kappa shape index (κ3) is 3.01. The van der Waals surface area contributed by atoms with Crippen LogP contribution in [0.4, 0.5) is 0 Å². The Kier molecular flexibility index (Phi) is 4.45. The van der Waals surface area contributed by atoms with Crippen molar-refractivity contribution in [3.63, 3.8) is 0 Å². The third-order valence-electron chi connectivity index (χ3n) is 5.17. The number of hydrogen-bond acceptors (Lipinski definition) is 5. The minimum atomic E-state index is -0.0485. The fourth-order valence-corrected chi connectivity index (χ4v) is 3.82. The summed E-state index contributed by atoms with van der Waals surface area (Å²) in [4.78, 5) is 19.7. The van der Waals surface area contributed by atoms with E-state index in [0.29, 0.717) is 55.0 Å². The van der Waals surface area contributed by atoms with Gasteiger partial charge in [-0.15, -0.1) is 0 Å².